The molecule has 0 aliphatic rings. The molecule has 0 saturated heterocycles. The van der Waals surface area contributed by atoms with Gasteiger partial charge in [0.25, 0.3) is 0 Å². The van der Waals surface area contributed by atoms with Crippen LogP contribution in [0.15, 0.2) is 241 Å². The Hall–Kier alpha value is -7.94. The van der Waals surface area contributed by atoms with E-state index in [2.05, 4.69) is 229 Å². The Morgan fingerprint density at radius 3 is 1.28 bits per heavy atom. The maximum atomic E-state index is 6.38. The zero-order chi connectivity index (χ0) is 39.8. The maximum absolute atomic E-state index is 6.38. The van der Waals surface area contributed by atoms with Crippen LogP contribution in [0, 0.1) is 0 Å². The van der Waals surface area contributed by atoms with E-state index < -0.39 is 0 Å². The van der Waals surface area contributed by atoms with Crippen LogP contribution in [0.5, 0.6) is 0 Å². The molecule has 0 bridgehead atoms. The molecule has 0 spiro atoms. The molecule has 11 rings (SSSR count). The molecule has 11 aromatic rings. The second-order valence-corrected chi connectivity index (χ2v) is 15.4. The largest absolute Gasteiger partial charge is 0.456 e. The summed E-state index contributed by atoms with van der Waals surface area (Å²) in [4.78, 5) is 2.31. The minimum Gasteiger partial charge on any atom is -0.456 e. The van der Waals surface area contributed by atoms with E-state index in [-0.39, 0.29) is 0 Å². The minimum absolute atomic E-state index is 0.868. The fourth-order valence-corrected chi connectivity index (χ4v) is 8.52. The van der Waals surface area contributed by atoms with E-state index in [4.69, 9.17) is 4.42 Å². The summed E-state index contributed by atoms with van der Waals surface area (Å²) in [6.45, 7) is 0. The average molecular weight is 766 g/mol. The van der Waals surface area contributed by atoms with Crippen molar-refractivity contribution in [3.8, 4) is 55.6 Å². The fourth-order valence-electron chi connectivity index (χ4n) is 8.52. The third-order valence-electron chi connectivity index (χ3n) is 11.7. The van der Waals surface area contributed by atoms with Crippen molar-refractivity contribution in [1.82, 2.24) is 0 Å². The number of hydrogen-bond donors (Lipinski definition) is 0. The Morgan fingerprint density at radius 1 is 0.233 bits per heavy atom. The van der Waals surface area contributed by atoms with E-state index >= 15 is 0 Å². The number of hydrogen-bond acceptors (Lipinski definition) is 2. The lowest BCUT2D eigenvalue weighted by molar-refractivity contribution is 0.669. The molecule has 1 heterocycles. The third kappa shape index (κ3) is 6.70. The first-order chi connectivity index (χ1) is 29.7. The van der Waals surface area contributed by atoms with Gasteiger partial charge < -0.3 is 9.32 Å². The van der Waals surface area contributed by atoms with E-state index in [0.29, 0.717) is 0 Å². The molecule has 0 unspecified atom stereocenters. The highest BCUT2D eigenvalue weighted by Gasteiger charge is 2.16. The molecular weight excluding hydrogens is 727 g/mol. The molecule has 0 aliphatic carbocycles. The molecule has 1 aromatic heterocycles. The predicted octanol–water partition coefficient (Wildman–Crippen LogP) is 16.5. The number of anilines is 3. The molecule has 0 saturated carbocycles. The molecule has 10 aromatic carbocycles. The van der Waals surface area contributed by atoms with Crippen molar-refractivity contribution < 1.29 is 4.42 Å². The molecule has 0 aliphatic heterocycles. The Balaban J connectivity index is 0.922. The van der Waals surface area contributed by atoms with Gasteiger partial charge in [0.1, 0.15) is 11.2 Å². The second kappa shape index (κ2) is 15.1. The van der Waals surface area contributed by atoms with Crippen LogP contribution < -0.4 is 4.90 Å². The SMILES string of the molecule is c1ccc(-c2ccc(-c3ccc(N(c4ccc(-c5cccc(-c6cccc(-c7ccc8ccccc8c7)c6)c5)cc4)c4ccc5c(c4)oc4ccccc45)cc3)cc2)cc1. The van der Waals surface area contributed by atoms with Crippen molar-refractivity contribution >= 4 is 49.8 Å². The standard InChI is InChI=1S/C58H39NO/c1-2-10-40(11-3-1)42-20-22-43(23-21-42)44-26-30-52(31-27-44)59(54-34-35-56-55-18-6-7-19-57(55)60-58(56)39-54)53-32-28-45(29-33-53)47-14-8-15-48(36-47)49-16-9-17-50(38-49)51-25-24-41-12-4-5-13-46(41)37-51/h1-39H. The van der Waals surface area contributed by atoms with E-state index in [1.165, 1.54) is 60.8 Å². The van der Waals surface area contributed by atoms with Crippen molar-refractivity contribution in [2.24, 2.45) is 0 Å². The van der Waals surface area contributed by atoms with Crippen LogP contribution in [0.1, 0.15) is 0 Å². The highest BCUT2D eigenvalue weighted by Crippen LogP contribution is 2.40. The van der Waals surface area contributed by atoms with Gasteiger partial charge in [-0.05, 0) is 127 Å². The molecule has 0 atom stereocenters. The Kier molecular flexibility index (Phi) is 8.87. The Bertz CT molecular complexity index is 3290. The summed E-state index contributed by atoms with van der Waals surface area (Å²) in [5.74, 6) is 0. The molecule has 0 fully saturated rings. The van der Waals surface area contributed by atoms with Gasteiger partial charge in [0.15, 0.2) is 0 Å². The molecule has 0 amide bonds. The Labute approximate surface area is 349 Å². The van der Waals surface area contributed by atoms with E-state index in [1.807, 2.05) is 12.1 Å². The molecule has 2 heteroatoms. The number of rotatable bonds is 8. The summed E-state index contributed by atoms with van der Waals surface area (Å²) in [6, 6.07) is 84.9. The lowest BCUT2D eigenvalue weighted by Gasteiger charge is -2.26. The lowest BCUT2D eigenvalue weighted by Crippen LogP contribution is -2.09. The van der Waals surface area contributed by atoms with E-state index in [0.717, 1.165) is 44.6 Å². The first-order valence-corrected chi connectivity index (χ1v) is 20.5. The zero-order valence-electron chi connectivity index (χ0n) is 32.9. The molecule has 0 N–H and O–H groups in total. The highest BCUT2D eigenvalue weighted by molar-refractivity contribution is 6.06. The van der Waals surface area contributed by atoms with Gasteiger partial charge in [-0.1, -0.05) is 170 Å². The summed E-state index contributed by atoms with van der Waals surface area (Å²) < 4.78 is 6.38. The average Bonchev–Trinajstić information content (AvgIpc) is 3.70. The first-order valence-electron chi connectivity index (χ1n) is 20.5. The van der Waals surface area contributed by atoms with Gasteiger partial charge in [-0.3, -0.25) is 0 Å². The number of fused-ring (bicyclic) bond motifs is 4. The molecule has 282 valence electrons. The molecule has 2 nitrogen and oxygen atoms in total. The quantitative estimate of drug-likeness (QED) is 0.153. The normalized spacial score (nSPS) is 11.3. The summed E-state index contributed by atoms with van der Waals surface area (Å²) in [7, 11) is 0. The van der Waals surface area contributed by atoms with Crippen molar-refractivity contribution in [2.75, 3.05) is 4.90 Å². The van der Waals surface area contributed by atoms with Crippen LogP contribution in [0.2, 0.25) is 0 Å². The number of nitrogens with zero attached hydrogens (tertiary/aromatic N) is 1. The second-order valence-electron chi connectivity index (χ2n) is 15.4. The van der Waals surface area contributed by atoms with Crippen molar-refractivity contribution in [3.63, 3.8) is 0 Å². The van der Waals surface area contributed by atoms with E-state index in [9.17, 15) is 0 Å². The number of benzene rings is 10. The van der Waals surface area contributed by atoms with Crippen molar-refractivity contribution in [3.05, 3.63) is 237 Å². The van der Waals surface area contributed by atoms with Gasteiger partial charge in [0, 0.05) is 33.9 Å². The van der Waals surface area contributed by atoms with Crippen LogP contribution in [0.3, 0.4) is 0 Å². The van der Waals surface area contributed by atoms with E-state index in [1.54, 1.807) is 0 Å². The monoisotopic (exact) mass is 765 g/mol. The van der Waals surface area contributed by atoms with Gasteiger partial charge in [0.05, 0.1) is 0 Å². The molecule has 0 radical (unpaired) electrons. The van der Waals surface area contributed by atoms with Crippen LogP contribution in [0.25, 0.3) is 88.3 Å². The van der Waals surface area contributed by atoms with Gasteiger partial charge >= 0.3 is 0 Å². The highest BCUT2D eigenvalue weighted by atomic mass is 16.3. The van der Waals surface area contributed by atoms with Gasteiger partial charge in [-0.25, -0.2) is 0 Å². The fraction of sp³-hybridized carbons (Fsp3) is 0. The van der Waals surface area contributed by atoms with Crippen molar-refractivity contribution in [2.45, 2.75) is 0 Å². The number of para-hydroxylation sites is 1. The minimum atomic E-state index is 0.868. The summed E-state index contributed by atoms with van der Waals surface area (Å²) in [5, 5.41) is 4.74. The van der Waals surface area contributed by atoms with Crippen LogP contribution >= 0.6 is 0 Å². The molecule has 60 heavy (non-hydrogen) atoms. The van der Waals surface area contributed by atoms with Crippen LogP contribution in [0.4, 0.5) is 17.1 Å². The number of furan rings is 1. The predicted molar refractivity (Wildman–Crippen MR) is 253 cm³/mol. The van der Waals surface area contributed by atoms with Crippen molar-refractivity contribution in [1.29, 1.82) is 0 Å². The van der Waals surface area contributed by atoms with Gasteiger partial charge in [-0.2, -0.15) is 0 Å². The smallest absolute Gasteiger partial charge is 0.137 e. The zero-order valence-corrected chi connectivity index (χ0v) is 32.9. The topological polar surface area (TPSA) is 16.4 Å². The summed E-state index contributed by atoms with van der Waals surface area (Å²) >= 11 is 0. The third-order valence-corrected chi connectivity index (χ3v) is 11.7. The van der Waals surface area contributed by atoms with Gasteiger partial charge in [0.2, 0.25) is 0 Å². The van der Waals surface area contributed by atoms with Crippen LogP contribution in [-0.4, -0.2) is 0 Å². The first kappa shape index (κ1) is 35.2. The maximum Gasteiger partial charge on any atom is 0.137 e. The molecular formula is C58H39NO. The van der Waals surface area contributed by atoms with Gasteiger partial charge in [-0.15, -0.1) is 0 Å². The summed E-state index contributed by atoms with van der Waals surface area (Å²) in [6.07, 6.45) is 0. The lowest BCUT2D eigenvalue weighted by atomic mass is 9.95. The van der Waals surface area contributed by atoms with Crippen LogP contribution in [-0.2, 0) is 0 Å². The Morgan fingerprint density at radius 2 is 0.650 bits per heavy atom. The summed E-state index contributed by atoms with van der Waals surface area (Å²) in [5.41, 5.74) is 16.9.